The lowest BCUT2D eigenvalue weighted by Crippen LogP contribution is -2.33. The van der Waals surface area contributed by atoms with E-state index in [1.165, 1.54) is 0 Å². The van der Waals surface area contributed by atoms with E-state index in [-0.39, 0.29) is 10.7 Å². The number of thioether (sulfide) groups is 1. The van der Waals surface area contributed by atoms with E-state index in [2.05, 4.69) is 18.8 Å². The topological polar surface area (TPSA) is 33.2 Å². The van der Waals surface area contributed by atoms with Crippen molar-refractivity contribution in [2.24, 2.45) is 0 Å². The first-order valence-corrected chi connectivity index (χ1v) is 7.39. The maximum atomic E-state index is 12.3. The summed E-state index contributed by atoms with van der Waals surface area (Å²) in [5.74, 6) is 1.04. The second-order valence-electron chi connectivity index (χ2n) is 5.02. The molecule has 1 fully saturated rings. The minimum absolute atomic E-state index is 0.0533. The van der Waals surface area contributed by atoms with Gasteiger partial charge in [-0.1, -0.05) is 25.4 Å². The maximum absolute atomic E-state index is 12.3. The predicted octanol–water partition coefficient (Wildman–Crippen LogP) is 3.09. The van der Waals surface area contributed by atoms with Crippen molar-refractivity contribution >= 4 is 29.3 Å². The van der Waals surface area contributed by atoms with Crippen LogP contribution in [0.5, 0.6) is 0 Å². The Kier molecular flexibility index (Phi) is 4.17. The Morgan fingerprint density at radius 2 is 2.28 bits per heavy atom. The third-order valence-electron chi connectivity index (χ3n) is 3.10. The summed E-state index contributed by atoms with van der Waals surface area (Å²) in [6, 6.07) is 3.35. The van der Waals surface area contributed by atoms with Crippen LogP contribution in [-0.4, -0.2) is 39.4 Å². The molecular weight excluding hydrogens is 268 g/mol. The van der Waals surface area contributed by atoms with E-state index in [1.54, 1.807) is 18.3 Å². The normalized spacial score (nSPS) is 19.4. The molecule has 1 aliphatic heterocycles. The molecule has 0 aromatic carbocycles. The number of carbonyl (C=O) groups is 1. The van der Waals surface area contributed by atoms with Crippen LogP contribution < -0.4 is 0 Å². The predicted molar refractivity (Wildman–Crippen MR) is 76.3 cm³/mol. The third kappa shape index (κ3) is 3.39. The van der Waals surface area contributed by atoms with E-state index in [1.807, 2.05) is 16.7 Å². The van der Waals surface area contributed by atoms with E-state index in [0.717, 1.165) is 25.3 Å². The van der Waals surface area contributed by atoms with Crippen molar-refractivity contribution in [2.45, 2.75) is 25.0 Å². The van der Waals surface area contributed by atoms with Gasteiger partial charge in [-0.15, -0.1) is 0 Å². The Morgan fingerprint density at radius 1 is 1.50 bits per heavy atom. The van der Waals surface area contributed by atoms with Crippen LogP contribution in [0.15, 0.2) is 18.3 Å². The number of amides is 1. The molecule has 0 aliphatic carbocycles. The zero-order valence-corrected chi connectivity index (χ0v) is 12.2. The molecule has 1 aromatic heterocycles. The highest BCUT2D eigenvalue weighted by Crippen LogP contribution is 2.31. The number of nitrogens with zero attached hydrogens (tertiary/aromatic N) is 2. The van der Waals surface area contributed by atoms with Crippen molar-refractivity contribution in [1.29, 1.82) is 0 Å². The first kappa shape index (κ1) is 13.7. The Morgan fingerprint density at radius 3 is 3.00 bits per heavy atom. The Hall–Kier alpha value is -0.740. The minimum atomic E-state index is 0.0533. The average molecular weight is 285 g/mol. The van der Waals surface area contributed by atoms with Crippen LogP contribution in [0.2, 0.25) is 5.15 Å². The molecule has 2 heterocycles. The van der Waals surface area contributed by atoms with Gasteiger partial charge in [0.05, 0.1) is 0 Å². The van der Waals surface area contributed by atoms with Crippen LogP contribution in [0, 0.1) is 0 Å². The van der Waals surface area contributed by atoms with Crippen molar-refractivity contribution in [1.82, 2.24) is 9.88 Å². The lowest BCUT2D eigenvalue weighted by Gasteiger charge is -2.22. The number of aromatic nitrogens is 1. The Bertz CT molecular complexity index is 450. The summed E-state index contributed by atoms with van der Waals surface area (Å²) in [6.45, 7) is 6.07. The summed E-state index contributed by atoms with van der Waals surface area (Å²) in [6.07, 6.45) is 2.59. The molecule has 1 aromatic rings. The second-order valence-corrected chi connectivity index (χ2v) is 7.21. The van der Waals surface area contributed by atoms with Crippen LogP contribution >= 0.6 is 23.4 Å². The fourth-order valence-corrected chi connectivity index (χ4v) is 3.22. The van der Waals surface area contributed by atoms with Gasteiger partial charge in [0.2, 0.25) is 0 Å². The number of rotatable bonds is 1. The third-order valence-corrected chi connectivity index (χ3v) is 4.68. The second kappa shape index (κ2) is 5.49. The van der Waals surface area contributed by atoms with Crippen molar-refractivity contribution in [2.75, 3.05) is 18.8 Å². The number of pyridine rings is 1. The van der Waals surface area contributed by atoms with Crippen molar-refractivity contribution in [3.63, 3.8) is 0 Å². The van der Waals surface area contributed by atoms with Gasteiger partial charge in [-0.3, -0.25) is 4.79 Å². The molecule has 2 rings (SSSR count). The van der Waals surface area contributed by atoms with Gasteiger partial charge in [0, 0.05) is 35.3 Å². The molecule has 18 heavy (non-hydrogen) atoms. The van der Waals surface area contributed by atoms with Crippen LogP contribution in [0.1, 0.15) is 30.6 Å². The van der Waals surface area contributed by atoms with Crippen molar-refractivity contribution in [3.05, 3.63) is 29.0 Å². The first-order chi connectivity index (χ1) is 8.48. The Balaban J connectivity index is 2.10. The summed E-state index contributed by atoms with van der Waals surface area (Å²) >= 11 is 7.75. The molecule has 0 atom stereocenters. The SMILES string of the molecule is CC1(C)CCN(C(=O)c2ccnc(Cl)c2)CCS1. The highest BCUT2D eigenvalue weighted by molar-refractivity contribution is 8.00. The average Bonchev–Trinajstić information content (AvgIpc) is 2.49. The fourth-order valence-electron chi connectivity index (χ4n) is 1.94. The van der Waals surface area contributed by atoms with Crippen LogP contribution in [0.4, 0.5) is 0 Å². The van der Waals surface area contributed by atoms with Crippen molar-refractivity contribution < 1.29 is 4.79 Å². The summed E-state index contributed by atoms with van der Waals surface area (Å²) < 4.78 is 0.255. The molecule has 1 amide bonds. The molecular formula is C13H17ClN2OS. The van der Waals surface area contributed by atoms with Crippen LogP contribution in [0.25, 0.3) is 0 Å². The quantitative estimate of drug-likeness (QED) is 0.743. The smallest absolute Gasteiger partial charge is 0.254 e. The van der Waals surface area contributed by atoms with Gasteiger partial charge in [0.1, 0.15) is 5.15 Å². The first-order valence-electron chi connectivity index (χ1n) is 6.03. The largest absolute Gasteiger partial charge is 0.338 e. The van der Waals surface area contributed by atoms with E-state index in [4.69, 9.17) is 11.6 Å². The van der Waals surface area contributed by atoms with Gasteiger partial charge in [-0.05, 0) is 18.6 Å². The molecule has 0 unspecified atom stereocenters. The van der Waals surface area contributed by atoms with Gasteiger partial charge in [-0.25, -0.2) is 4.98 Å². The van der Waals surface area contributed by atoms with E-state index < -0.39 is 0 Å². The van der Waals surface area contributed by atoms with E-state index >= 15 is 0 Å². The standard InChI is InChI=1S/C13H17ClN2OS/c1-13(2)4-6-16(7-8-18-13)12(17)10-3-5-15-11(14)9-10/h3,5,9H,4,6-8H2,1-2H3. The summed E-state index contributed by atoms with van der Waals surface area (Å²) in [5.41, 5.74) is 0.625. The van der Waals surface area contributed by atoms with Gasteiger partial charge < -0.3 is 4.90 Å². The molecule has 1 saturated heterocycles. The highest BCUT2D eigenvalue weighted by atomic mass is 35.5. The van der Waals surface area contributed by atoms with Crippen LogP contribution in [0.3, 0.4) is 0 Å². The molecule has 1 aliphatic rings. The van der Waals surface area contributed by atoms with Gasteiger partial charge in [-0.2, -0.15) is 11.8 Å². The number of carbonyl (C=O) groups excluding carboxylic acids is 1. The zero-order chi connectivity index (χ0) is 13.2. The molecule has 0 N–H and O–H groups in total. The molecule has 98 valence electrons. The van der Waals surface area contributed by atoms with Gasteiger partial charge in [0.25, 0.3) is 5.91 Å². The maximum Gasteiger partial charge on any atom is 0.254 e. The van der Waals surface area contributed by atoms with Crippen molar-refractivity contribution in [3.8, 4) is 0 Å². The van der Waals surface area contributed by atoms with E-state index in [0.29, 0.717) is 10.7 Å². The molecule has 0 saturated carbocycles. The number of hydrogen-bond donors (Lipinski definition) is 0. The van der Waals surface area contributed by atoms with Crippen LogP contribution in [-0.2, 0) is 0 Å². The molecule has 0 radical (unpaired) electrons. The molecule has 0 bridgehead atoms. The van der Waals surface area contributed by atoms with Gasteiger partial charge in [0.15, 0.2) is 0 Å². The minimum Gasteiger partial charge on any atom is -0.338 e. The fraction of sp³-hybridized carbons (Fsp3) is 0.538. The lowest BCUT2D eigenvalue weighted by atomic mass is 10.1. The number of hydrogen-bond acceptors (Lipinski definition) is 3. The molecule has 3 nitrogen and oxygen atoms in total. The lowest BCUT2D eigenvalue weighted by molar-refractivity contribution is 0.0764. The Labute approximate surface area is 117 Å². The number of halogens is 1. The van der Waals surface area contributed by atoms with E-state index in [9.17, 15) is 4.79 Å². The highest BCUT2D eigenvalue weighted by Gasteiger charge is 2.26. The zero-order valence-electron chi connectivity index (χ0n) is 10.6. The van der Waals surface area contributed by atoms with Gasteiger partial charge >= 0.3 is 0 Å². The molecule has 5 heteroatoms. The summed E-state index contributed by atoms with van der Waals surface area (Å²) in [7, 11) is 0. The molecule has 0 spiro atoms. The monoisotopic (exact) mass is 284 g/mol. The summed E-state index contributed by atoms with van der Waals surface area (Å²) in [5, 5.41) is 0.366. The summed E-state index contributed by atoms with van der Waals surface area (Å²) in [4.78, 5) is 18.2.